The Balaban J connectivity index is 1.93. The Labute approximate surface area is 150 Å². The van der Waals surface area contributed by atoms with Crippen molar-refractivity contribution in [3.63, 3.8) is 0 Å². The SMILES string of the molecule is COC(=O)[C@H](CC(C)C)NC(=O)[C@H]1CC(=O)N(C2CCC(C)CC2)C1. The normalized spacial score (nSPS) is 28.1. The van der Waals surface area contributed by atoms with Crippen molar-refractivity contribution in [2.45, 2.75) is 71.4 Å². The van der Waals surface area contributed by atoms with Crippen LogP contribution in [-0.2, 0) is 19.1 Å². The lowest BCUT2D eigenvalue weighted by molar-refractivity contribution is -0.146. The fourth-order valence-corrected chi connectivity index (χ4v) is 3.93. The summed E-state index contributed by atoms with van der Waals surface area (Å²) in [7, 11) is 1.33. The summed E-state index contributed by atoms with van der Waals surface area (Å²) in [4.78, 5) is 38.7. The molecule has 25 heavy (non-hydrogen) atoms. The maximum atomic E-state index is 12.6. The summed E-state index contributed by atoms with van der Waals surface area (Å²) in [6.07, 6.45) is 5.11. The molecule has 0 aromatic heterocycles. The van der Waals surface area contributed by atoms with Gasteiger partial charge in [-0.3, -0.25) is 9.59 Å². The molecule has 0 aromatic carbocycles. The molecule has 142 valence electrons. The molecular formula is C19H32N2O4. The number of hydrogen-bond donors (Lipinski definition) is 1. The number of carbonyl (C=O) groups excluding carboxylic acids is 3. The van der Waals surface area contributed by atoms with Gasteiger partial charge >= 0.3 is 5.97 Å². The first-order valence-corrected chi connectivity index (χ1v) is 9.49. The number of nitrogens with one attached hydrogen (secondary N) is 1. The highest BCUT2D eigenvalue weighted by molar-refractivity contribution is 5.91. The minimum Gasteiger partial charge on any atom is -0.467 e. The quantitative estimate of drug-likeness (QED) is 0.743. The van der Waals surface area contributed by atoms with Crippen LogP contribution in [0.2, 0.25) is 0 Å². The monoisotopic (exact) mass is 352 g/mol. The lowest BCUT2D eigenvalue weighted by Gasteiger charge is -2.33. The summed E-state index contributed by atoms with van der Waals surface area (Å²) < 4.78 is 4.79. The highest BCUT2D eigenvalue weighted by atomic mass is 16.5. The molecule has 6 heteroatoms. The third-order valence-corrected chi connectivity index (χ3v) is 5.46. The molecule has 6 nitrogen and oxygen atoms in total. The van der Waals surface area contributed by atoms with Gasteiger partial charge in [0.2, 0.25) is 11.8 Å². The molecule has 1 heterocycles. The Morgan fingerprint density at radius 3 is 2.44 bits per heavy atom. The van der Waals surface area contributed by atoms with E-state index in [0.29, 0.717) is 13.0 Å². The van der Waals surface area contributed by atoms with Crippen LogP contribution in [-0.4, -0.2) is 48.4 Å². The number of carbonyl (C=O) groups is 3. The summed E-state index contributed by atoms with van der Waals surface area (Å²) in [5.74, 6) is 0.0464. The molecule has 1 saturated heterocycles. The molecule has 1 N–H and O–H groups in total. The van der Waals surface area contributed by atoms with Gasteiger partial charge < -0.3 is 15.0 Å². The molecule has 1 saturated carbocycles. The standard InChI is InChI=1S/C19H32N2O4/c1-12(2)9-16(19(24)25-4)20-18(23)14-10-17(22)21(11-14)15-7-5-13(3)6-8-15/h12-16H,5-11H2,1-4H3,(H,20,23)/t13?,14-,15?,16-/m0/s1. The first kappa shape index (κ1) is 19.7. The average Bonchev–Trinajstić information content (AvgIpc) is 2.95. The molecule has 2 aliphatic rings. The van der Waals surface area contributed by atoms with Gasteiger partial charge in [0.1, 0.15) is 6.04 Å². The number of hydrogen-bond acceptors (Lipinski definition) is 4. The summed E-state index contributed by atoms with van der Waals surface area (Å²) in [5, 5.41) is 2.80. The zero-order chi connectivity index (χ0) is 18.6. The van der Waals surface area contributed by atoms with Crippen LogP contribution in [0.15, 0.2) is 0 Å². The van der Waals surface area contributed by atoms with Crippen molar-refractivity contribution >= 4 is 17.8 Å². The lowest BCUT2D eigenvalue weighted by Crippen LogP contribution is -2.46. The second kappa shape index (κ2) is 8.68. The van der Waals surface area contributed by atoms with Crippen molar-refractivity contribution < 1.29 is 19.1 Å². The molecule has 2 rings (SSSR count). The van der Waals surface area contributed by atoms with E-state index in [2.05, 4.69) is 12.2 Å². The molecule has 2 fully saturated rings. The fraction of sp³-hybridized carbons (Fsp3) is 0.842. The highest BCUT2D eigenvalue weighted by Gasteiger charge is 2.39. The first-order chi connectivity index (χ1) is 11.8. The van der Waals surface area contributed by atoms with Crippen molar-refractivity contribution in [2.24, 2.45) is 17.8 Å². The Morgan fingerprint density at radius 2 is 1.88 bits per heavy atom. The topological polar surface area (TPSA) is 75.7 Å². The van der Waals surface area contributed by atoms with Crippen molar-refractivity contribution in [3.05, 3.63) is 0 Å². The maximum absolute atomic E-state index is 12.6. The van der Waals surface area contributed by atoms with Crippen LogP contribution in [0.1, 0.15) is 59.3 Å². The molecule has 0 unspecified atom stereocenters. The smallest absolute Gasteiger partial charge is 0.328 e. The minimum atomic E-state index is -0.641. The summed E-state index contributed by atoms with van der Waals surface area (Å²) >= 11 is 0. The molecule has 2 amide bonds. The Morgan fingerprint density at radius 1 is 1.24 bits per heavy atom. The minimum absolute atomic E-state index is 0.0678. The second-order valence-electron chi connectivity index (χ2n) is 8.07. The summed E-state index contributed by atoms with van der Waals surface area (Å²) in [6, 6.07) is -0.370. The van der Waals surface area contributed by atoms with E-state index in [-0.39, 0.29) is 36.1 Å². The van der Waals surface area contributed by atoms with Crippen LogP contribution in [0.4, 0.5) is 0 Å². The Bertz CT molecular complexity index is 498. The summed E-state index contributed by atoms with van der Waals surface area (Å²) in [6.45, 7) is 6.71. The zero-order valence-electron chi connectivity index (χ0n) is 15.9. The van der Waals surface area contributed by atoms with Gasteiger partial charge in [-0.1, -0.05) is 20.8 Å². The van der Waals surface area contributed by atoms with E-state index in [1.165, 1.54) is 7.11 Å². The number of esters is 1. The van der Waals surface area contributed by atoms with Gasteiger partial charge in [0.05, 0.1) is 13.0 Å². The lowest BCUT2D eigenvalue weighted by atomic mass is 9.86. The van der Waals surface area contributed by atoms with Gasteiger partial charge in [-0.2, -0.15) is 0 Å². The Kier molecular flexibility index (Phi) is 6.85. The van der Waals surface area contributed by atoms with Gasteiger partial charge in [0, 0.05) is 19.0 Å². The zero-order valence-corrected chi connectivity index (χ0v) is 15.9. The molecule has 0 bridgehead atoms. The number of nitrogens with zero attached hydrogens (tertiary/aromatic N) is 1. The number of ether oxygens (including phenoxy) is 1. The largest absolute Gasteiger partial charge is 0.467 e. The number of methoxy groups -OCH3 is 1. The van der Waals surface area contributed by atoms with Crippen LogP contribution < -0.4 is 5.32 Å². The van der Waals surface area contributed by atoms with Crippen molar-refractivity contribution in [2.75, 3.05) is 13.7 Å². The molecule has 0 aromatic rings. The van der Waals surface area contributed by atoms with Crippen LogP contribution in [0.3, 0.4) is 0 Å². The van der Waals surface area contributed by atoms with Crippen LogP contribution in [0, 0.1) is 17.8 Å². The number of amides is 2. The third-order valence-electron chi connectivity index (χ3n) is 5.46. The third kappa shape index (κ3) is 5.19. The molecule has 2 atom stereocenters. The summed E-state index contributed by atoms with van der Waals surface area (Å²) in [5.41, 5.74) is 0. The van der Waals surface area contributed by atoms with E-state index in [4.69, 9.17) is 4.74 Å². The van der Waals surface area contributed by atoms with Crippen molar-refractivity contribution in [1.82, 2.24) is 10.2 Å². The van der Waals surface area contributed by atoms with Gasteiger partial charge in [0.15, 0.2) is 0 Å². The van der Waals surface area contributed by atoms with Crippen molar-refractivity contribution in [1.29, 1.82) is 0 Å². The molecule has 0 spiro atoms. The fourth-order valence-electron chi connectivity index (χ4n) is 3.93. The number of likely N-dealkylation sites (tertiary alicyclic amines) is 1. The maximum Gasteiger partial charge on any atom is 0.328 e. The predicted molar refractivity (Wildman–Crippen MR) is 94.6 cm³/mol. The first-order valence-electron chi connectivity index (χ1n) is 9.49. The number of rotatable bonds is 6. The highest BCUT2D eigenvalue weighted by Crippen LogP contribution is 2.31. The Hall–Kier alpha value is -1.59. The van der Waals surface area contributed by atoms with E-state index in [1.54, 1.807) is 0 Å². The van der Waals surface area contributed by atoms with Gasteiger partial charge in [-0.15, -0.1) is 0 Å². The van der Waals surface area contributed by atoms with E-state index < -0.39 is 12.0 Å². The van der Waals surface area contributed by atoms with E-state index in [1.807, 2.05) is 18.7 Å². The molecular weight excluding hydrogens is 320 g/mol. The van der Waals surface area contributed by atoms with Gasteiger partial charge in [-0.25, -0.2) is 4.79 Å². The molecule has 0 radical (unpaired) electrons. The van der Waals surface area contributed by atoms with Crippen LogP contribution >= 0.6 is 0 Å². The van der Waals surface area contributed by atoms with E-state index in [0.717, 1.165) is 31.6 Å². The predicted octanol–water partition coefficient (Wildman–Crippen LogP) is 2.12. The van der Waals surface area contributed by atoms with Crippen LogP contribution in [0.5, 0.6) is 0 Å². The van der Waals surface area contributed by atoms with Crippen molar-refractivity contribution in [3.8, 4) is 0 Å². The van der Waals surface area contributed by atoms with E-state index >= 15 is 0 Å². The molecule has 1 aliphatic heterocycles. The van der Waals surface area contributed by atoms with Crippen LogP contribution in [0.25, 0.3) is 0 Å². The molecule has 1 aliphatic carbocycles. The van der Waals surface area contributed by atoms with E-state index in [9.17, 15) is 14.4 Å². The van der Waals surface area contributed by atoms with Gasteiger partial charge in [0.25, 0.3) is 0 Å². The average molecular weight is 352 g/mol. The van der Waals surface area contributed by atoms with Gasteiger partial charge in [-0.05, 0) is 43.9 Å². The second-order valence-corrected chi connectivity index (χ2v) is 8.07.